The maximum absolute atomic E-state index is 13.3. The van der Waals surface area contributed by atoms with Gasteiger partial charge in [-0.25, -0.2) is 4.98 Å². The van der Waals surface area contributed by atoms with Gasteiger partial charge in [-0.1, -0.05) is 26.2 Å². The molecule has 2 amide bonds. The van der Waals surface area contributed by atoms with Gasteiger partial charge in [0.15, 0.2) is 5.82 Å². The number of carbonyl (C=O) groups excluding carboxylic acids is 2. The summed E-state index contributed by atoms with van der Waals surface area (Å²) in [5.41, 5.74) is 1.96. The summed E-state index contributed by atoms with van der Waals surface area (Å²) in [7, 11) is 5.50. The number of fused-ring (bicyclic) bond motifs is 1. The second kappa shape index (κ2) is 11.8. The van der Waals surface area contributed by atoms with Crippen LogP contribution in [0.15, 0.2) is 24.4 Å². The lowest BCUT2D eigenvalue weighted by molar-refractivity contribution is -0.120. The van der Waals surface area contributed by atoms with Crippen molar-refractivity contribution >= 4 is 35.0 Å². The van der Waals surface area contributed by atoms with E-state index < -0.39 is 0 Å². The average molecular weight is 536 g/mol. The van der Waals surface area contributed by atoms with Crippen molar-refractivity contribution in [1.29, 1.82) is 0 Å². The third-order valence-corrected chi connectivity index (χ3v) is 8.35. The Morgan fingerprint density at radius 1 is 1.13 bits per heavy atom. The molecule has 2 fully saturated rings. The number of ether oxygens (including phenoxy) is 1. The number of rotatable bonds is 8. The molecule has 39 heavy (non-hydrogen) atoms. The Balaban J connectivity index is 1.38. The summed E-state index contributed by atoms with van der Waals surface area (Å²) in [6, 6.07) is 5.65. The summed E-state index contributed by atoms with van der Waals surface area (Å²) in [5, 5.41) is 6.46. The number of nitrogens with zero attached hydrogens (tertiary/aromatic N) is 5. The number of amides is 2. The van der Waals surface area contributed by atoms with Gasteiger partial charge >= 0.3 is 0 Å². The highest BCUT2D eigenvalue weighted by molar-refractivity contribution is 6.04. The number of anilines is 4. The smallest absolute Gasteiger partial charge is 0.251 e. The molecule has 10 heteroatoms. The fraction of sp³-hybridized carbons (Fsp3) is 0.586. The zero-order valence-corrected chi connectivity index (χ0v) is 23.6. The number of hydrogen-bond donors (Lipinski definition) is 2. The number of benzene rings is 1. The number of methoxy groups -OCH3 is 1. The molecule has 1 aromatic heterocycles. The van der Waals surface area contributed by atoms with Crippen molar-refractivity contribution in [3.05, 3.63) is 30.0 Å². The van der Waals surface area contributed by atoms with E-state index in [-0.39, 0.29) is 23.9 Å². The van der Waals surface area contributed by atoms with Crippen LogP contribution in [-0.4, -0.2) is 79.1 Å². The summed E-state index contributed by atoms with van der Waals surface area (Å²) < 4.78 is 5.64. The lowest BCUT2D eigenvalue weighted by Crippen LogP contribution is -2.55. The molecule has 1 saturated carbocycles. The molecule has 1 aliphatic carbocycles. The third-order valence-electron chi connectivity index (χ3n) is 8.35. The van der Waals surface area contributed by atoms with Crippen LogP contribution in [0.3, 0.4) is 0 Å². The largest absolute Gasteiger partial charge is 0.495 e. The van der Waals surface area contributed by atoms with E-state index in [0.717, 1.165) is 63.1 Å². The lowest BCUT2D eigenvalue weighted by Gasteiger charge is -2.43. The molecule has 1 saturated heterocycles. The van der Waals surface area contributed by atoms with E-state index in [0.29, 0.717) is 29.0 Å². The number of aromatic nitrogens is 2. The number of nitrogens with one attached hydrogen (secondary N) is 2. The highest BCUT2D eigenvalue weighted by Gasteiger charge is 2.41. The third kappa shape index (κ3) is 5.66. The topological polar surface area (TPSA) is 103 Å². The highest BCUT2D eigenvalue weighted by Crippen LogP contribution is 2.40. The van der Waals surface area contributed by atoms with Gasteiger partial charge in [0, 0.05) is 24.7 Å². The summed E-state index contributed by atoms with van der Waals surface area (Å²) >= 11 is 0. The van der Waals surface area contributed by atoms with Crippen molar-refractivity contribution in [2.45, 2.75) is 76.4 Å². The summed E-state index contributed by atoms with van der Waals surface area (Å²) in [4.78, 5) is 41.9. The molecular formula is C29H41N7O3. The average Bonchev–Trinajstić information content (AvgIpc) is 3.48. The first-order chi connectivity index (χ1) is 18.9. The van der Waals surface area contributed by atoms with Crippen molar-refractivity contribution in [1.82, 2.24) is 20.2 Å². The molecule has 3 aliphatic rings. The predicted molar refractivity (Wildman–Crippen MR) is 153 cm³/mol. The monoisotopic (exact) mass is 535 g/mol. The molecular weight excluding hydrogens is 494 g/mol. The van der Waals surface area contributed by atoms with Gasteiger partial charge in [0.2, 0.25) is 11.9 Å². The Hall–Kier alpha value is -3.40. The molecule has 5 rings (SSSR count). The van der Waals surface area contributed by atoms with Gasteiger partial charge in [0.05, 0.1) is 19.0 Å². The molecule has 210 valence electrons. The van der Waals surface area contributed by atoms with Crippen LogP contribution in [0.4, 0.5) is 23.1 Å². The Labute approximate surface area is 231 Å². The van der Waals surface area contributed by atoms with Crippen molar-refractivity contribution in [3.63, 3.8) is 0 Å². The first-order valence-corrected chi connectivity index (χ1v) is 14.3. The van der Waals surface area contributed by atoms with Gasteiger partial charge < -0.3 is 30.1 Å². The van der Waals surface area contributed by atoms with Gasteiger partial charge in [0.1, 0.15) is 17.5 Å². The Bertz CT molecular complexity index is 1190. The molecule has 0 bridgehead atoms. The number of hydrogen-bond acceptors (Lipinski definition) is 8. The van der Waals surface area contributed by atoms with Crippen LogP contribution in [0.25, 0.3) is 0 Å². The van der Waals surface area contributed by atoms with Gasteiger partial charge in [-0.2, -0.15) is 4.98 Å². The normalized spacial score (nSPS) is 20.7. The molecule has 0 spiro atoms. The predicted octanol–water partition coefficient (Wildman–Crippen LogP) is 3.95. The minimum atomic E-state index is -0.213. The quantitative estimate of drug-likeness (QED) is 0.524. The van der Waals surface area contributed by atoms with Gasteiger partial charge in [-0.3, -0.25) is 9.59 Å². The van der Waals surface area contributed by atoms with Crippen LogP contribution in [0.1, 0.15) is 68.6 Å². The Kier molecular flexibility index (Phi) is 8.20. The minimum Gasteiger partial charge on any atom is -0.495 e. The summed E-state index contributed by atoms with van der Waals surface area (Å²) in [6.45, 7) is 4.09. The van der Waals surface area contributed by atoms with Crippen LogP contribution >= 0.6 is 0 Å². The first kappa shape index (κ1) is 27.2. The molecule has 2 N–H and O–H groups in total. The molecule has 1 aromatic carbocycles. The van der Waals surface area contributed by atoms with Crippen LogP contribution in [0.2, 0.25) is 0 Å². The van der Waals surface area contributed by atoms with Crippen LogP contribution < -0.4 is 25.2 Å². The summed E-state index contributed by atoms with van der Waals surface area (Å²) in [5.74, 6) is 1.78. The molecule has 2 aliphatic heterocycles. The van der Waals surface area contributed by atoms with E-state index >= 15 is 0 Å². The first-order valence-electron chi connectivity index (χ1n) is 14.3. The van der Waals surface area contributed by atoms with Crippen LogP contribution in [0.5, 0.6) is 5.75 Å². The second-order valence-corrected chi connectivity index (χ2v) is 11.0. The van der Waals surface area contributed by atoms with Crippen molar-refractivity contribution < 1.29 is 14.3 Å². The number of piperidine rings is 1. The number of likely N-dealkylation sites (tertiary alicyclic amines) is 1. The zero-order chi connectivity index (χ0) is 27.5. The Morgan fingerprint density at radius 2 is 1.87 bits per heavy atom. The van der Waals surface area contributed by atoms with Gasteiger partial charge in [-0.05, 0) is 70.4 Å². The van der Waals surface area contributed by atoms with Crippen LogP contribution in [-0.2, 0) is 4.79 Å². The molecule has 0 radical (unpaired) electrons. The van der Waals surface area contributed by atoms with Crippen molar-refractivity contribution in [2.75, 3.05) is 49.4 Å². The van der Waals surface area contributed by atoms with E-state index in [1.54, 1.807) is 30.3 Å². The maximum Gasteiger partial charge on any atom is 0.251 e. The highest BCUT2D eigenvalue weighted by atomic mass is 16.5. The molecule has 10 nitrogen and oxygen atoms in total. The molecule has 2 aromatic rings. The molecule has 3 heterocycles. The SMILES string of the molecule is CCCC1C(=O)N(C)c2cnc(Nc3ccc(C(=O)NC4CCN(C)CC4)cc3OC)nc2N1C1CCCC1. The van der Waals surface area contributed by atoms with Crippen molar-refractivity contribution in [3.8, 4) is 5.75 Å². The maximum atomic E-state index is 13.3. The summed E-state index contributed by atoms with van der Waals surface area (Å²) in [6.07, 6.45) is 9.82. The van der Waals surface area contributed by atoms with Gasteiger partial charge in [-0.15, -0.1) is 0 Å². The van der Waals surface area contributed by atoms with E-state index in [2.05, 4.69) is 39.4 Å². The number of carbonyl (C=O) groups is 2. The van der Waals surface area contributed by atoms with E-state index in [1.165, 1.54) is 12.8 Å². The van der Waals surface area contributed by atoms with Crippen LogP contribution in [0, 0.1) is 0 Å². The second-order valence-electron chi connectivity index (χ2n) is 11.0. The van der Waals surface area contributed by atoms with Gasteiger partial charge in [0.25, 0.3) is 5.91 Å². The fourth-order valence-corrected chi connectivity index (χ4v) is 6.09. The van der Waals surface area contributed by atoms with E-state index in [1.807, 2.05) is 13.1 Å². The zero-order valence-electron chi connectivity index (χ0n) is 23.6. The minimum absolute atomic E-state index is 0.0960. The molecule has 1 atom stereocenters. The lowest BCUT2D eigenvalue weighted by atomic mass is 10.0. The fourth-order valence-electron chi connectivity index (χ4n) is 6.09. The van der Waals surface area contributed by atoms with E-state index in [9.17, 15) is 9.59 Å². The Morgan fingerprint density at radius 3 is 2.56 bits per heavy atom. The molecule has 1 unspecified atom stereocenters. The van der Waals surface area contributed by atoms with E-state index in [4.69, 9.17) is 9.72 Å². The number of likely N-dealkylation sites (N-methyl/N-ethyl adjacent to an activating group) is 1. The standard InChI is InChI=1S/C29H41N7O3/c1-5-8-23-28(38)35(3)24-18-30-29(33-26(24)36(23)21-9-6-7-10-21)32-22-12-11-19(17-25(22)39-4)27(37)31-20-13-15-34(2)16-14-20/h11-12,17-18,20-21,23H,5-10,13-16H2,1-4H3,(H,31,37)(H,30,32,33). The van der Waals surface area contributed by atoms with Crippen molar-refractivity contribution in [2.24, 2.45) is 0 Å².